The molecule has 0 fully saturated rings. The molecule has 12 aromatic heterocycles. The first-order valence-corrected chi connectivity index (χ1v) is 29.0. The van der Waals surface area contributed by atoms with E-state index in [1.54, 1.807) is 98.4 Å². The first-order chi connectivity index (χ1) is 39.5. The molecular formula is C54H83N22O4S4+. The molecule has 12 aromatic rings. The van der Waals surface area contributed by atoms with Crippen molar-refractivity contribution in [2.24, 2.45) is 35.2 Å². The van der Waals surface area contributed by atoms with Gasteiger partial charge >= 0.3 is 6.39 Å². The average molecular weight is 1230 g/mol. The number of nitrogens with zero attached hydrogens (tertiary/aromatic N) is 22. The van der Waals surface area contributed by atoms with Crippen molar-refractivity contribution in [2.45, 2.75) is 132 Å². The molecule has 84 heavy (non-hydrogen) atoms. The quantitative estimate of drug-likeness (QED) is 0.127. The largest absolute Gasteiger partial charge is 0.449 e. The molecule has 0 atom stereocenters. The Kier molecular flexibility index (Phi) is 35.9. The van der Waals surface area contributed by atoms with E-state index in [2.05, 4.69) is 99.5 Å². The van der Waals surface area contributed by atoms with Crippen molar-refractivity contribution in [3.05, 3.63) is 174 Å². The monoisotopic (exact) mass is 1230 g/mol. The fraction of sp³-hybridized carbons (Fsp3) is 0.444. The standard InChI is InChI=1S/2C5H8N2.2C5H7NO.2C5H7NS.2C4H7N3.C4H7N2O.C4H6N2O.2C4H6N2S/c2*1-5-3-4-7(2)6-5;4*1-4-3-7-5(2)6-4;2*1-4-5-3-7(2)6-4;1-4-5-6(2)3-7-4;3*1-3-5-4(2)7-6-3/h2*3-4H,1-2H3;7*3H,1-2H3;3*1-2H3/q;;;;;;;;+1;;;. The lowest BCUT2D eigenvalue weighted by Crippen LogP contribution is -2.28. The van der Waals surface area contributed by atoms with Crippen molar-refractivity contribution in [1.29, 1.82) is 0 Å². The highest BCUT2D eigenvalue weighted by molar-refractivity contribution is 7.09. The van der Waals surface area contributed by atoms with Gasteiger partial charge in [-0.05, 0) is 139 Å². The van der Waals surface area contributed by atoms with Gasteiger partial charge in [0.1, 0.15) is 58.5 Å². The summed E-state index contributed by atoms with van der Waals surface area (Å²) in [4.78, 5) is 35.8. The highest BCUT2D eigenvalue weighted by atomic mass is 32.1. The van der Waals surface area contributed by atoms with Crippen LogP contribution in [0.1, 0.15) is 107 Å². The van der Waals surface area contributed by atoms with Crippen molar-refractivity contribution in [2.75, 3.05) is 0 Å². The van der Waals surface area contributed by atoms with E-state index in [4.69, 9.17) is 13.3 Å². The normalized spacial score (nSPS) is 9.43. The molecule has 0 N–H and O–H groups in total. The van der Waals surface area contributed by atoms with Crippen LogP contribution in [0.25, 0.3) is 0 Å². The van der Waals surface area contributed by atoms with Gasteiger partial charge in [-0.1, -0.05) is 9.84 Å². The number of hydrogen-bond acceptors (Lipinski definition) is 25. The van der Waals surface area contributed by atoms with Crippen LogP contribution in [0.5, 0.6) is 0 Å². The van der Waals surface area contributed by atoms with E-state index < -0.39 is 0 Å². The van der Waals surface area contributed by atoms with Gasteiger partial charge in [0, 0.05) is 95.5 Å². The van der Waals surface area contributed by atoms with Gasteiger partial charge in [-0.25, -0.2) is 39.9 Å². The minimum absolute atomic E-state index is 0.623. The smallest absolute Gasteiger partial charge is 0.361 e. The lowest BCUT2D eigenvalue weighted by atomic mass is 10.5. The first-order valence-electron chi connectivity index (χ1n) is 25.7. The molecule has 456 valence electrons. The van der Waals surface area contributed by atoms with Crippen molar-refractivity contribution in [1.82, 2.24) is 103 Å². The molecule has 0 aliphatic carbocycles. The maximum Gasteiger partial charge on any atom is 0.361 e. The molecule has 26 nitrogen and oxygen atoms in total. The Hall–Kier alpha value is -8.22. The van der Waals surface area contributed by atoms with E-state index in [1.807, 2.05) is 171 Å². The molecule has 0 radical (unpaired) electrons. The van der Waals surface area contributed by atoms with Gasteiger partial charge in [-0.2, -0.15) is 34.1 Å². The SMILES string of the molecule is Cc1ccn(C)n1.Cc1ccn(C)n1.Cc1coc(C)n1.Cc1coc(C)n1.Cc1csc(C)n1.Cc1csc(C)n1.Cc1n[n+](C)co1.Cc1ncn(C)n1.Cc1ncn(C)n1.Cc1noc(C)n1.Cc1nsc(C)n1.Cc1nsc(C)n1. The van der Waals surface area contributed by atoms with Gasteiger partial charge in [0.15, 0.2) is 24.7 Å². The zero-order chi connectivity index (χ0) is 63.3. The highest BCUT2D eigenvalue weighted by Crippen LogP contribution is 2.06. The Balaban J connectivity index is 0.000000458. The van der Waals surface area contributed by atoms with Crippen LogP contribution in [0.4, 0.5) is 0 Å². The number of oxazole rings is 2. The number of thiazole rings is 2. The predicted octanol–water partition coefficient (Wildman–Crippen LogP) is 10.6. The van der Waals surface area contributed by atoms with Crippen LogP contribution < -0.4 is 4.68 Å². The summed E-state index contributed by atoms with van der Waals surface area (Å²) in [5.41, 5.74) is 6.28. The molecule has 0 spiro atoms. The third-order valence-electron chi connectivity index (χ3n) is 8.62. The fourth-order valence-corrected chi connectivity index (χ4v) is 7.60. The maximum absolute atomic E-state index is 4.85. The van der Waals surface area contributed by atoms with Crippen LogP contribution in [0, 0.1) is 132 Å². The van der Waals surface area contributed by atoms with Crippen molar-refractivity contribution in [3.8, 4) is 0 Å². The van der Waals surface area contributed by atoms with Gasteiger partial charge in [-0.3, -0.25) is 18.7 Å². The summed E-state index contributed by atoms with van der Waals surface area (Å²) in [6.45, 7) is 36.2. The third-order valence-corrected chi connectivity index (χ3v) is 11.8. The Labute approximate surface area is 509 Å². The summed E-state index contributed by atoms with van der Waals surface area (Å²) in [5, 5.41) is 31.8. The number of aryl methyl sites for hydroxylation is 24. The number of hydrogen-bond donors (Lipinski definition) is 0. The zero-order valence-electron chi connectivity index (χ0n) is 53.0. The van der Waals surface area contributed by atoms with E-state index >= 15 is 0 Å². The minimum atomic E-state index is 0.623. The first kappa shape index (κ1) is 73.8. The summed E-state index contributed by atoms with van der Waals surface area (Å²) in [7, 11) is 9.33. The topological polar surface area (TPSA) is 295 Å². The van der Waals surface area contributed by atoms with E-state index in [-0.39, 0.29) is 0 Å². The highest BCUT2D eigenvalue weighted by Gasteiger charge is 1.97. The second-order valence-electron chi connectivity index (χ2n) is 17.7. The Morgan fingerprint density at radius 2 is 0.810 bits per heavy atom. The second-order valence-corrected chi connectivity index (χ2v) is 21.8. The molecule has 0 unspecified atom stereocenters. The summed E-state index contributed by atoms with van der Waals surface area (Å²) in [6.07, 6.45) is 12.0. The molecule has 0 aliphatic heterocycles. The van der Waals surface area contributed by atoms with Crippen molar-refractivity contribution in [3.63, 3.8) is 0 Å². The van der Waals surface area contributed by atoms with Crippen LogP contribution in [-0.2, 0) is 35.2 Å². The molecule has 0 aliphatic rings. The molecular weight excluding hydrogens is 1150 g/mol. The molecule has 12 heterocycles. The molecule has 0 aromatic carbocycles. The lowest BCUT2D eigenvalue weighted by Gasteiger charge is -1.79. The van der Waals surface area contributed by atoms with Crippen LogP contribution in [-0.4, -0.2) is 103 Å². The van der Waals surface area contributed by atoms with E-state index in [1.165, 1.54) is 23.1 Å². The van der Waals surface area contributed by atoms with Gasteiger partial charge in [0.2, 0.25) is 5.89 Å². The lowest BCUT2D eigenvalue weighted by molar-refractivity contribution is -0.731. The van der Waals surface area contributed by atoms with E-state index in [0.717, 1.165) is 89.3 Å². The molecule has 30 heteroatoms. The van der Waals surface area contributed by atoms with Crippen LogP contribution in [0.3, 0.4) is 0 Å². The summed E-state index contributed by atoms with van der Waals surface area (Å²) >= 11 is 6.27. The molecule has 0 amide bonds. The third kappa shape index (κ3) is 39.3. The molecule has 0 saturated carbocycles. The molecule has 0 bridgehead atoms. The number of rotatable bonds is 0. The van der Waals surface area contributed by atoms with Gasteiger partial charge in [-0.15, -0.1) is 22.7 Å². The van der Waals surface area contributed by atoms with Crippen molar-refractivity contribution >= 4 is 45.7 Å². The maximum atomic E-state index is 4.85. The van der Waals surface area contributed by atoms with E-state index in [9.17, 15) is 0 Å². The van der Waals surface area contributed by atoms with Crippen molar-refractivity contribution < 1.29 is 22.5 Å². The predicted molar refractivity (Wildman–Crippen MR) is 327 cm³/mol. The molecule has 0 saturated heterocycles. The fourth-order valence-electron chi connectivity index (χ4n) is 5.47. The second kappa shape index (κ2) is 40.9. The minimum Gasteiger partial charge on any atom is -0.449 e. The van der Waals surface area contributed by atoms with Gasteiger partial charge in [0.25, 0.3) is 5.89 Å². The summed E-state index contributed by atoms with van der Waals surface area (Å²) < 4.78 is 35.6. The Bertz CT molecular complexity index is 2520. The molecule has 12 rings (SSSR count). The van der Waals surface area contributed by atoms with Crippen LogP contribution in [0.15, 0.2) is 84.6 Å². The van der Waals surface area contributed by atoms with Gasteiger partial charge < -0.3 is 17.8 Å². The average Bonchev–Trinajstić information content (AvgIpc) is 4.22. The van der Waals surface area contributed by atoms with Gasteiger partial charge in [0.05, 0.1) is 32.8 Å². The summed E-state index contributed by atoms with van der Waals surface area (Å²) in [6, 6.07) is 3.94. The Morgan fingerprint density at radius 3 is 0.893 bits per heavy atom. The van der Waals surface area contributed by atoms with Crippen LogP contribution in [0.2, 0.25) is 0 Å². The zero-order valence-corrected chi connectivity index (χ0v) is 56.2. The summed E-state index contributed by atoms with van der Waals surface area (Å²) in [5.74, 6) is 6.88. The van der Waals surface area contributed by atoms with E-state index in [0.29, 0.717) is 17.6 Å². The number of aromatic nitrogens is 22. The van der Waals surface area contributed by atoms with Crippen LogP contribution >= 0.6 is 45.7 Å². The Morgan fingerprint density at radius 1 is 0.393 bits per heavy atom.